The molecule has 2 unspecified atom stereocenters. The molecule has 0 aliphatic carbocycles. The largest absolute Gasteiger partial charge is 0.312 e. The number of likely N-dealkylation sites (N-methyl/N-ethyl adjacent to an activating group) is 1. The summed E-state index contributed by atoms with van der Waals surface area (Å²) < 4.78 is 0. The molecule has 0 radical (unpaired) electrons. The van der Waals surface area contributed by atoms with Crippen molar-refractivity contribution in [2.24, 2.45) is 0 Å². The highest BCUT2D eigenvalue weighted by Crippen LogP contribution is 2.25. The summed E-state index contributed by atoms with van der Waals surface area (Å²) in [6.45, 7) is 9.12. The lowest BCUT2D eigenvalue weighted by atomic mass is 9.98. The summed E-state index contributed by atoms with van der Waals surface area (Å²) in [7, 11) is 2.09. The molecule has 0 spiro atoms. The van der Waals surface area contributed by atoms with Crippen molar-refractivity contribution < 1.29 is 0 Å². The minimum atomic E-state index is 0.451. The average molecular weight is 260 g/mol. The molecule has 19 heavy (non-hydrogen) atoms. The van der Waals surface area contributed by atoms with E-state index in [1.54, 1.807) is 0 Å². The molecule has 0 bridgehead atoms. The highest BCUT2D eigenvalue weighted by Gasteiger charge is 2.25. The van der Waals surface area contributed by atoms with Crippen molar-refractivity contribution in [3.05, 3.63) is 34.9 Å². The van der Waals surface area contributed by atoms with Gasteiger partial charge in [0.05, 0.1) is 0 Å². The number of likely N-dealkylation sites (tertiary alicyclic amines) is 1. The Bertz CT molecular complexity index is 414. The Morgan fingerprint density at radius 3 is 2.84 bits per heavy atom. The summed E-state index contributed by atoms with van der Waals surface area (Å²) in [5, 5.41) is 3.52. The van der Waals surface area contributed by atoms with Crippen LogP contribution in [0.25, 0.3) is 0 Å². The van der Waals surface area contributed by atoms with Crippen LogP contribution in [0.2, 0.25) is 0 Å². The van der Waals surface area contributed by atoms with Crippen LogP contribution in [0.1, 0.15) is 48.9 Å². The lowest BCUT2D eigenvalue weighted by Gasteiger charge is -2.29. The number of hydrogen-bond acceptors (Lipinski definition) is 2. The first-order valence-electron chi connectivity index (χ1n) is 7.64. The van der Waals surface area contributed by atoms with Gasteiger partial charge in [0.1, 0.15) is 0 Å². The van der Waals surface area contributed by atoms with E-state index in [-0.39, 0.29) is 0 Å². The number of nitrogens with one attached hydrogen (secondary N) is 1. The van der Waals surface area contributed by atoms with Gasteiger partial charge in [-0.2, -0.15) is 0 Å². The molecule has 106 valence electrons. The molecule has 2 rings (SSSR count). The average Bonchev–Trinajstić information content (AvgIpc) is 2.86. The second-order valence-electron chi connectivity index (χ2n) is 5.90. The standard InChI is InChI=1S/C17H28N2/c1-5-15-7-6-10-19(15)12-17(18-4)16-11-13(2)8-9-14(16)3/h8-9,11,15,17-18H,5-7,10,12H2,1-4H3. The Labute approximate surface area is 118 Å². The maximum absolute atomic E-state index is 3.52. The predicted molar refractivity (Wildman–Crippen MR) is 82.6 cm³/mol. The van der Waals surface area contributed by atoms with Gasteiger partial charge in [-0.25, -0.2) is 0 Å². The van der Waals surface area contributed by atoms with Crippen molar-refractivity contribution in [2.45, 2.75) is 52.1 Å². The van der Waals surface area contributed by atoms with E-state index < -0.39 is 0 Å². The van der Waals surface area contributed by atoms with Crippen molar-refractivity contribution in [3.63, 3.8) is 0 Å². The summed E-state index contributed by atoms with van der Waals surface area (Å²) in [4.78, 5) is 2.67. The van der Waals surface area contributed by atoms with Gasteiger partial charge >= 0.3 is 0 Å². The Morgan fingerprint density at radius 2 is 2.16 bits per heavy atom. The molecule has 1 aromatic carbocycles. The van der Waals surface area contributed by atoms with Crippen LogP contribution in [-0.4, -0.2) is 31.1 Å². The van der Waals surface area contributed by atoms with Gasteiger partial charge < -0.3 is 5.32 Å². The van der Waals surface area contributed by atoms with Crippen LogP contribution in [0.15, 0.2) is 18.2 Å². The second-order valence-corrected chi connectivity index (χ2v) is 5.90. The maximum Gasteiger partial charge on any atom is 0.0449 e. The third-order valence-electron chi connectivity index (χ3n) is 4.55. The van der Waals surface area contributed by atoms with Crippen LogP contribution in [0.5, 0.6) is 0 Å². The van der Waals surface area contributed by atoms with E-state index in [4.69, 9.17) is 0 Å². The molecule has 0 amide bonds. The number of hydrogen-bond donors (Lipinski definition) is 1. The van der Waals surface area contributed by atoms with Crippen molar-refractivity contribution in [3.8, 4) is 0 Å². The summed E-state index contributed by atoms with van der Waals surface area (Å²) in [5.74, 6) is 0. The molecular formula is C17H28N2. The highest BCUT2D eigenvalue weighted by molar-refractivity contribution is 5.33. The molecule has 1 aliphatic rings. The van der Waals surface area contributed by atoms with Crippen molar-refractivity contribution in [1.82, 2.24) is 10.2 Å². The fourth-order valence-corrected chi connectivity index (χ4v) is 3.31. The van der Waals surface area contributed by atoms with E-state index in [0.29, 0.717) is 6.04 Å². The van der Waals surface area contributed by atoms with Gasteiger partial charge in [0, 0.05) is 18.6 Å². The van der Waals surface area contributed by atoms with Gasteiger partial charge in [0.2, 0.25) is 0 Å². The van der Waals surface area contributed by atoms with Crippen molar-refractivity contribution in [1.29, 1.82) is 0 Å². The first kappa shape index (κ1) is 14.5. The first-order chi connectivity index (χ1) is 9.15. The lowest BCUT2D eigenvalue weighted by Crippen LogP contribution is -2.37. The van der Waals surface area contributed by atoms with Crippen LogP contribution in [0.4, 0.5) is 0 Å². The lowest BCUT2D eigenvalue weighted by molar-refractivity contribution is 0.224. The summed E-state index contributed by atoms with van der Waals surface area (Å²) >= 11 is 0. The predicted octanol–water partition coefficient (Wildman–Crippen LogP) is 3.44. The Balaban J connectivity index is 2.13. The molecule has 2 atom stereocenters. The van der Waals surface area contributed by atoms with E-state index in [1.165, 1.54) is 42.5 Å². The zero-order valence-electron chi connectivity index (χ0n) is 12.9. The van der Waals surface area contributed by atoms with Crippen LogP contribution in [0, 0.1) is 13.8 Å². The van der Waals surface area contributed by atoms with Crippen LogP contribution < -0.4 is 5.32 Å². The molecule has 1 N–H and O–H groups in total. The normalized spacial score (nSPS) is 21.8. The van der Waals surface area contributed by atoms with E-state index in [0.717, 1.165) is 12.6 Å². The number of aryl methyl sites for hydroxylation is 2. The van der Waals surface area contributed by atoms with Gasteiger partial charge in [0.15, 0.2) is 0 Å². The van der Waals surface area contributed by atoms with Gasteiger partial charge in [-0.1, -0.05) is 30.7 Å². The van der Waals surface area contributed by atoms with Crippen molar-refractivity contribution in [2.75, 3.05) is 20.1 Å². The van der Waals surface area contributed by atoms with Crippen molar-refractivity contribution >= 4 is 0 Å². The maximum atomic E-state index is 3.52. The Morgan fingerprint density at radius 1 is 1.37 bits per heavy atom. The molecule has 1 aliphatic heterocycles. The van der Waals surface area contributed by atoms with Crippen LogP contribution in [0.3, 0.4) is 0 Å². The van der Waals surface area contributed by atoms with Crippen LogP contribution >= 0.6 is 0 Å². The smallest absolute Gasteiger partial charge is 0.0449 e. The first-order valence-corrected chi connectivity index (χ1v) is 7.64. The molecule has 0 aromatic heterocycles. The van der Waals surface area contributed by atoms with Gasteiger partial charge in [-0.3, -0.25) is 4.90 Å². The zero-order valence-corrected chi connectivity index (χ0v) is 12.9. The highest BCUT2D eigenvalue weighted by atomic mass is 15.2. The van der Waals surface area contributed by atoms with E-state index in [1.807, 2.05) is 0 Å². The minimum absolute atomic E-state index is 0.451. The zero-order chi connectivity index (χ0) is 13.8. The monoisotopic (exact) mass is 260 g/mol. The third-order valence-corrected chi connectivity index (χ3v) is 4.55. The molecule has 1 heterocycles. The second kappa shape index (κ2) is 6.53. The minimum Gasteiger partial charge on any atom is -0.312 e. The third kappa shape index (κ3) is 3.37. The molecule has 2 heteroatoms. The van der Waals surface area contributed by atoms with E-state index in [2.05, 4.69) is 56.2 Å². The van der Waals surface area contributed by atoms with Gasteiger partial charge in [-0.05, 0) is 57.8 Å². The number of benzene rings is 1. The summed E-state index contributed by atoms with van der Waals surface area (Å²) in [6, 6.07) is 8.04. The fourth-order valence-electron chi connectivity index (χ4n) is 3.31. The number of nitrogens with zero attached hydrogens (tertiary/aromatic N) is 1. The Hall–Kier alpha value is -0.860. The van der Waals surface area contributed by atoms with Gasteiger partial charge in [0.25, 0.3) is 0 Å². The molecule has 1 fully saturated rings. The fraction of sp³-hybridized carbons (Fsp3) is 0.647. The number of rotatable bonds is 5. The van der Waals surface area contributed by atoms with E-state index in [9.17, 15) is 0 Å². The molecule has 2 nitrogen and oxygen atoms in total. The molecular weight excluding hydrogens is 232 g/mol. The molecule has 0 saturated carbocycles. The Kier molecular flexibility index (Phi) is 5.00. The van der Waals surface area contributed by atoms with Crippen LogP contribution in [-0.2, 0) is 0 Å². The SMILES string of the molecule is CCC1CCCN1CC(NC)c1cc(C)ccc1C. The summed E-state index contributed by atoms with van der Waals surface area (Å²) in [6.07, 6.45) is 4.02. The topological polar surface area (TPSA) is 15.3 Å². The molecule has 1 saturated heterocycles. The molecule has 1 aromatic rings. The van der Waals surface area contributed by atoms with E-state index >= 15 is 0 Å². The van der Waals surface area contributed by atoms with Gasteiger partial charge in [-0.15, -0.1) is 0 Å². The summed E-state index contributed by atoms with van der Waals surface area (Å²) in [5.41, 5.74) is 4.22. The quantitative estimate of drug-likeness (QED) is 0.872.